The number of rotatable bonds is 7. The van der Waals surface area contributed by atoms with E-state index in [0.717, 1.165) is 11.1 Å². The summed E-state index contributed by atoms with van der Waals surface area (Å²) in [6.45, 7) is 0. The van der Waals surface area contributed by atoms with Crippen LogP contribution in [-0.4, -0.2) is 35.4 Å². The number of aromatic nitrogens is 3. The lowest BCUT2D eigenvalue weighted by atomic mass is 10.1. The van der Waals surface area contributed by atoms with Crippen molar-refractivity contribution in [2.24, 2.45) is 0 Å². The number of methoxy groups -OCH3 is 2. The van der Waals surface area contributed by atoms with Crippen molar-refractivity contribution in [3.05, 3.63) is 78.4 Å². The van der Waals surface area contributed by atoms with E-state index in [9.17, 15) is 4.79 Å². The lowest BCUT2D eigenvalue weighted by molar-refractivity contribution is 0.262. The summed E-state index contributed by atoms with van der Waals surface area (Å²) in [5.74, 6) is 1.87. The van der Waals surface area contributed by atoms with E-state index < -0.39 is 6.03 Å². The number of nitrogens with zero attached hydrogens (tertiary/aromatic N) is 3. The van der Waals surface area contributed by atoms with Crippen LogP contribution in [-0.2, 0) is 6.42 Å². The minimum atomic E-state index is -0.424. The Labute approximate surface area is 184 Å². The molecule has 0 aliphatic carbocycles. The predicted octanol–water partition coefficient (Wildman–Crippen LogP) is 4.38. The van der Waals surface area contributed by atoms with E-state index in [1.807, 2.05) is 18.2 Å². The highest BCUT2D eigenvalue weighted by molar-refractivity contribution is 6.01. The first-order chi connectivity index (χ1) is 15.7. The van der Waals surface area contributed by atoms with Crippen LogP contribution in [0.3, 0.4) is 0 Å². The zero-order valence-corrected chi connectivity index (χ0v) is 17.5. The highest BCUT2D eigenvalue weighted by Crippen LogP contribution is 2.34. The number of ether oxygens (including phenoxy) is 2. The Kier molecular flexibility index (Phi) is 6.26. The van der Waals surface area contributed by atoms with Crippen LogP contribution in [0.5, 0.6) is 11.5 Å². The third-order valence-electron chi connectivity index (χ3n) is 4.66. The van der Waals surface area contributed by atoms with Gasteiger partial charge >= 0.3 is 6.03 Å². The molecule has 162 valence electrons. The van der Waals surface area contributed by atoms with Gasteiger partial charge in [0.25, 0.3) is 0 Å². The summed E-state index contributed by atoms with van der Waals surface area (Å²) in [5, 5.41) is 9.68. The molecule has 0 atom stereocenters. The molecule has 0 unspecified atom stereocenters. The van der Waals surface area contributed by atoms with Gasteiger partial charge in [-0.15, -0.1) is 0 Å². The summed E-state index contributed by atoms with van der Waals surface area (Å²) < 4.78 is 16.0. The van der Waals surface area contributed by atoms with Crippen LogP contribution < -0.4 is 20.1 Å². The fourth-order valence-corrected chi connectivity index (χ4v) is 3.17. The third kappa shape index (κ3) is 4.67. The number of hydrogen-bond acceptors (Lipinski definition) is 7. The van der Waals surface area contributed by atoms with Crippen molar-refractivity contribution >= 4 is 17.4 Å². The van der Waals surface area contributed by atoms with Crippen LogP contribution in [0.15, 0.2) is 71.5 Å². The van der Waals surface area contributed by atoms with Crippen LogP contribution in [0, 0.1) is 0 Å². The maximum Gasteiger partial charge on any atom is 0.323 e. The molecule has 2 heterocycles. The highest BCUT2D eigenvalue weighted by atomic mass is 16.5. The number of urea groups is 1. The van der Waals surface area contributed by atoms with Crippen LogP contribution in [0.2, 0.25) is 0 Å². The lowest BCUT2D eigenvalue weighted by Gasteiger charge is -2.15. The Morgan fingerprint density at radius 1 is 0.938 bits per heavy atom. The van der Waals surface area contributed by atoms with E-state index in [2.05, 4.69) is 25.8 Å². The van der Waals surface area contributed by atoms with E-state index in [0.29, 0.717) is 41.0 Å². The van der Waals surface area contributed by atoms with Gasteiger partial charge in [0, 0.05) is 23.6 Å². The van der Waals surface area contributed by atoms with Crippen molar-refractivity contribution in [1.29, 1.82) is 0 Å². The van der Waals surface area contributed by atoms with E-state index in [1.165, 1.54) is 14.2 Å². The molecule has 0 saturated carbocycles. The van der Waals surface area contributed by atoms with Crippen LogP contribution >= 0.6 is 0 Å². The molecule has 2 aromatic carbocycles. The molecule has 0 radical (unpaired) electrons. The highest BCUT2D eigenvalue weighted by Gasteiger charge is 2.15. The van der Waals surface area contributed by atoms with Gasteiger partial charge in [0.05, 0.1) is 26.3 Å². The molecule has 2 amide bonds. The van der Waals surface area contributed by atoms with Gasteiger partial charge in [-0.1, -0.05) is 29.4 Å². The summed E-state index contributed by atoms with van der Waals surface area (Å²) in [7, 11) is 3.05. The Morgan fingerprint density at radius 3 is 2.47 bits per heavy atom. The van der Waals surface area contributed by atoms with Crippen LogP contribution in [0.4, 0.5) is 16.2 Å². The van der Waals surface area contributed by atoms with Gasteiger partial charge in [-0.25, -0.2) is 4.79 Å². The van der Waals surface area contributed by atoms with Crippen LogP contribution in [0.1, 0.15) is 11.5 Å². The number of hydrogen-bond donors (Lipinski definition) is 2. The molecule has 9 heteroatoms. The Bertz CT molecular complexity index is 1210. The lowest BCUT2D eigenvalue weighted by Crippen LogP contribution is -2.20. The molecule has 2 aromatic heterocycles. The molecule has 4 aromatic rings. The molecular formula is C23H21N5O4. The second kappa shape index (κ2) is 9.61. The summed E-state index contributed by atoms with van der Waals surface area (Å²) in [6.07, 6.45) is 3.69. The number of benzene rings is 2. The first-order valence-electron chi connectivity index (χ1n) is 9.78. The largest absolute Gasteiger partial charge is 0.493 e. The van der Waals surface area contributed by atoms with Crippen molar-refractivity contribution in [1.82, 2.24) is 15.1 Å². The quantitative estimate of drug-likeness (QED) is 0.446. The zero-order chi connectivity index (χ0) is 22.3. The van der Waals surface area contributed by atoms with Gasteiger partial charge in [-0.3, -0.25) is 4.98 Å². The minimum absolute atomic E-state index is 0.358. The SMILES string of the molecule is COc1cccc(NC(=O)Nc2ccccc2Cc2nc(-c3ccncc3)no2)c1OC. The number of para-hydroxylation sites is 2. The summed E-state index contributed by atoms with van der Waals surface area (Å²) in [6, 6.07) is 15.8. The molecule has 0 fully saturated rings. The maximum absolute atomic E-state index is 12.7. The molecule has 0 aliphatic rings. The fraction of sp³-hybridized carbons (Fsp3) is 0.130. The molecule has 9 nitrogen and oxygen atoms in total. The average molecular weight is 431 g/mol. The molecule has 0 bridgehead atoms. The molecule has 32 heavy (non-hydrogen) atoms. The maximum atomic E-state index is 12.7. The molecule has 0 spiro atoms. The Hall–Kier alpha value is -4.40. The van der Waals surface area contributed by atoms with Crippen molar-refractivity contribution in [3.63, 3.8) is 0 Å². The second-order valence-electron chi connectivity index (χ2n) is 6.70. The molecule has 4 rings (SSSR count). The van der Waals surface area contributed by atoms with Gasteiger partial charge in [0.2, 0.25) is 11.7 Å². The molecule has 2 N–H and O–H groups in total. The monoisotopic (exact) mass is 431 g/mol. The van der Waals surface area contributed by atoms with Crippen molar-refractivity contribution in [2.45, 2.75) is 6.42 Å². The Morgan fingerprint density at radius 2 is 1.69 bits per heavy atom. The van der Waals surface area contributed by atoms with E-state index in [-0.39, 0.29) is 0 Å². The fourth-order valence-electron chi connectivity index (χ4n) is 3.17. The van der Waals surface area contributed by atoms with Crippen LogP contribution in [0.25, 0.3) is 11.4 Å². The van der Waals surface area contributed by atoms with E-state index in [4.69, 9.17) is 14.0 Å². The van der Waals surface area contributed by atoms with Gasteiger partial charge in [-0.2, -0.15) is 4.98 Å². The van der Waals surface area contributed by atoms with Crippen molar-refractivity contribution in [2.75, 3.05) is 24.9 Å². The normalized spacial score (nSPS) is 10.4. The van der Waals surface area contributed by atoms with E-state index in [1.54, 1.807) is 48.8 Å². The number of nitrogens with one attached hydrogen (secondary N) is 2. The van der Waals surface area contributed by atoms with Gasteiger partial charge < -0.3 is 24.6 Å². The standard InChI is InChI=1S/C23H21N5O4/c1-30-19-9-5-8-18(21(19)31-2)26-23(29)25-17-7-4-3-6-16(17)14-20-27-22(28-32-20)15-10-12-24-13-11-15/h3-13H,14H2,1-2H3,(H2,25,26,29). The molecular weight excluding hydrogens is 410 g/mol. The smallest absolute Gasteiger partial charge is 0.323 e. The average Bonchev–Trinajstić information content (AvgIpc) is 3.29. The van der Waals surface area contributed by atoms with Gasteiger partial charge in [0.1, 0.15) is 0 Å². The minimum Gasteiger partial charge on any atom is -0.493 e. The number of anilines is 2. The Balaban J connectivity index is 1.49. The number of pyridine rings is 1. The first-order valence-corrected chi connectivity index (χ1v) is 9.78. The van der Waals surface area contributed by atoms with E-state index >= 15 is 0 Å². The van der Waals surface area contributed by atoms with Gasteiger partial charge in [-0.05, 0) is 35.9 Å². The first kappa shape index (κ1) is 20.9. The van der Waals surface area contributed by atoms with Crippen molar-refractivity contribution in [3.8, 4) is 22.9 Å². The number of carbonyl (C=O) groups is 1. The number of carbonyl (C=O) groups excluding carboxylic acids is 1. The molecule has 0 aliphatic heterocycles. The van der Waals surface area contributed by atoms with Crippen molar-refractivity contribution < 1.29 is 18.8 Å². The molecule has 0 saturated heterocycles. The number of amides is 2. The summed E-state index contributed by atoms with van der Waals surface area (Å²) >= 11 is 0. The van der Waals surface area contributed by atoms with Gasteiger partial charge in [0.15, 0.2) is 11.5 Å². The zero-order valence-electron chi connectivity index (χ0n) is 17.5. The summed E-state index contributed by atoms with van der Waals surface area (Å²) in [5.41, 5.74) is 2.74. The predicted molar refractivity (Wildman–Crippen MR) is 119 cm³/mol. The third-order valence-corrected chi connectivity index (χ3v) is 4.66. The summed E-state index contributed by atoms with van der Waals surface area (Å²) in [4.78, 5) is 21.1. The topological polar surface area (TPSA) is 111 Å². The second-order valence-corrected chi connectivity index (χ2v) is 6.70.